The number of halogens is 2. The zero-order valence-corrected chi connectivity index (χ0v) is 9.78. The van der Waals surface area contributed by atoms with Crippen LogP contribution in [0, 0.1) is 5.82 Å². The smallest absolute Gasteiger partial charge is 0.265 e. The monoisotopic (exact) mass is 263 g/mol. The molecule has 6 heteroatoms. The molecule has 0 bridgehead atoms. The molecule has 0 radical (unpaired) electrons. The number of pyridine rings is 1. The van der Waals surface area contributed by atoms with E-state index in [1.165, 1.54) is 35.2 Å². The summed E-state index contributed by atoms with van der Waals surface area (Å²) in [5.74, 6) is 0.0329. The second-order valence-corrected chi connectivity index (χ2v) is 4.16. The Morgan fingerprint density at radius 2 is 2.11 bits per heavy atom. The molecule has 4 nitrogen and oxygen atoms in total. The topological polar surface area (TPSA) is 50.7 Å². The fourth-order valence-electron chi connectivity index (χ4n) is 1.86. The summed E-state index contributed by atoms with van der Waals surface area (Å²) in [6, 6.07) is 5.77. The largest absolute Gasteiger partial charge is 0.268 e. The molecule has 0 amide bonds. The summed E-state index contributed by atoms with van der Waals surface area (Å²) in [7, 11) is 0. The van der Waals surface area contributed by atoms with Crippen LogP contribution in [0.2, 0.25) is 5.02 Å². The first kappa shape index (κ1) is 11.0. The van der Waals surface area contributed by atoms with Crippen molar-refractivity contribution in [2.45, 2.75) is 0 Å². The summed E-state index contributed by atoms with van der Waals surface area (Å²) in [5.41, 5.74) is -0.388. The van der Waals surface area contributed by atoms with E-state index in [1.807, 2.05) is 0 Å². The molecule has 0 saturated carbocycles. The number of nitrogens with zero attached hydrogens (tertiary/aromatic N) is 2. The van der Waals surface area contributed by atoms with Gasteiger partial charge in [-0.1, -0.05) is 11.6 Å². The Bertz CT molecular complexity index is 780. The summed E-state index contributed by atoms with van der Waals surface area (Å²) in [5, 5.41) is 7.04. The summed E-state index contributed by atoms with van der Waals surface area (Å²) in [6.07, 6.45) is 3.01. The SMILES string of the molecule is O=c1c2c(Cl)ccc(F)c2ccn1-c1ccn[nH]1. The molecular formula is C12H7ClFN3O. The molecule has 0 aliphatic carbocycles. The van der Waals surface area contributed by atoms with Gasteiger partial charge < -0.3 is 0 Å². The zero-order chi connectivity index (χ0) is 12.7. The Hall–Kier alpha value is -2.14. The summed E-state index contributed by atoms with van der Waals surface area (Å²) >= 11 is 5.96. The Morgan fingerprint density at radius 1 is 1.28 bits per heavy atom. The van der Waals surface area contributed by atoms with E-state index < -0.39 is 5.82 Å². The van der Waals surface area contributed by atoms with Gasteiger partial charge in [-0.2, -0.15) is 5.10 Å². The van der Waals surface area contributed by atoms with Gasteiger partial charge in [0.1, 0.15) is 11.6 Å². The van der Waals surface area contributed by atoms with Crippen LogP contribution in [0.5, 0.6) is 0 Å². The van der Waals surface area contributed by atoms with Crippen molar-refractivity contribution in [3.8, 4) is 5.82 Å². The Labute approximate surface area is 106 Å². The quantitative estimate of drug-likeness (QED) is 0.733. The molecule has 1 N–H and O–H groups in total. The van der Waals surface area contributed by atoms with Crippen molar-refractivity contribution >= 4 is 22.4 Å². The zero-order valence-electron chi connectivity index (χ0n) is 9.02. The number of hydrogen-bond donors (Lipinski definition) is 1. The third kappa shape index (κ3) is 1.52. The molecule has 0 aliphatic heterocycles. The third-order valence-corrected chi connectivity index (χ3v) is 3.02. The first-order valence-electron chi connectivity index (χ1n) is 5.17. The number of aromatic amines is 1. The van der Waals surface area contributed by atoms with Gasteiger partial charge in [-0.05, 0) is 18.2 Å². The Kier molecular flexibility index (Phi) is 2.41. The summed E-state index contributed by atoms with van der Waals surface area (Å²) in [6.45, 7) is 0. The highest BCUT2D eigenvalue weighted by molar-refractivity contribution is 6.35. The highest BCUT2D eigenvalue weighted by Gasteiger charge is 2.11. The van der Waals surface area contributed by atoms with Crippen LogP contribution in [-0.2, 0) is 0 Å². The molecule has 0 fully saturated rings. The number of H-pyrrole nitrogens is 1. The molecule has 90 valence electrons. The van der Waals surface area contributed by atoms with E-state index in [2.05, 4.69) is 10.2 Å². The van der Waals surface area contributed by atoms with Gasteiger partial charge in [0.25, 0.3) is 5.56 Å². The molecule has 0 saturated heterocycles. The van der Waals surface area contributed by atoms with Gasteiger partial charge >= 0.3 is 0 Å². The predicted octanol–water partition coefficient (Wildman–Crippen LogP) is 2.51. The van der Waals surface area contributed by atoms with Crippen LogP contribution >= 0.6 is 11.6 Å². The fraction of sp³-hybridized carbons (Fsp3) is 0. The van der Waals surface area contributed by atoms with E-state index in [0.717, 1.165) is 0 Å². The molecule has 3 aromatic rings. The van der Waals surface area contributed by atoms with Crippen molar-refractivity contribution in [2.24, 2.45) is 0 Å². The lowest BCUT2D eigenvalue weighted by Gasteiger charge is -2.06. The molecule has 0 atom stereocenters. The molecule has 2 heterocycles. The van der Waals surface area contributed by atoms with Gasteiger partial charge in [0, 0.05) is 17.6 Å². The van der Waals surface area contributed by atoms with Crippen LogP contribution in [0.1, 0.15) is 0 Å². The molecule has 0 unspecified atom stereocenters. The molecule has 1 aromatic carbocycles. The average molecular weight is 264 g/mol. The highest BCUT2D eigenvalue weighted by atomic mass is 35.5. The van der Waals surface area contributed by atoms with Crippen LogP contribution in [0.3, 0.4) is 0 Å². The average Bonchev–Trinajstić information content (AvgIpc) is 2.87. The Balaban J connectivity index is 2.44. The number of benzene rings is 1. The van der Waals surface area contributed by atoms with Crippen LogP contribution < -0.4 is 5.56 Å². The van der Waals surface area contributed by atoms with Crippen molar-refractivity contribution in [3.05, 3.63) is 57.9 Å². The van der Waals surface area contributed by atoms with E-state index in [-0.39, 0.29) is 21.4 Å². The minimum Gasteiger partial charge on any atom is -0.268 e. The van der Waals surface area contributed by atoms with Gasteiger partial charge in [0.15, 0.2) is 0 Å². The van der Waals surface area contributed by atoms with Crippen LogP contribution in [0.4, 0.5) is 4.39 Å². The van der Waals surface area contributed by atoms with E-state index >= 15 is 0 Å². The standard InChI is InChI=1S/C12H7ClFN3O/c13-8-1-2-9(14)7-4-6-17(12(18)11(7)8)10-3-5-15-16-10/h1-6H,(H,15,16). The van der Waals surface area contributed by atoms with Crippen molar-refractivity contribution in [3.63, 3.8) is 0 Å². The second kappa shape index (κ2) is 3.96. The van der Waals surface area contributed by atoms with Crippen molar-refractivity contribution < 1.29 is 4.39 Å². The van der Waals surface area contributed by atoms with E-state index in [0.29, 0.717) is 5.82 Å². The van der Waals surface area contributed by atoms with Gasteiger partial charge in [-0.3, -0.25) is 14.5 Å². The number of nitrogens with one attached hydrogen (secondary N) is 1. The normalized spacial score (nSPS) is 11.0. The molecule has 18 heavy (non-hydrogen) atoms. The first-order chi connectivity index (χ1) is 8.68. The lowest BCUT2D eigenvalue weighted by molar-refractivity contribution is 0.639. The summed E-state index contributed by atoms with van der Waals surface area (Å²) < 4.78 is 14.9. The molecule has 2 aromatic heterocycles. The van der Waals surface area contributed by atoms with E-state index in [1.54, 1.807) is 6.07 Å². The van der Waals surface area contributed by atoms with Crippen LogP contribution in [0.15, 0.2) is 41.5 Å². The molecule has 0 aliphatic rings. The lowest BCUT2D eigenvalue weighted by Crippen LogP contribution is -2.18. The number of rotatable bonds is 1. The van der Waals surface area contributed by atoms with Crippen molar-refractivity contribution in [1.29, 1.82) is 0 Å². The maximum absolute atomic E-state index is 13.6. The second-order valence-electron chi connectivity index (χ2n) is 3.75. The third-order valence-electron chi connectivity index (χ3n) is 2.71. The number of hydrogen-bond acceptors (Lipinski definition) is 2. The summed E-state index contributed by atoms with van der Waals surface area (Å²) in [4.78, 5) is 12.3. The molecule has 0 spiro atoms. The van der Waals surface area contributed by atoms with Gasteiger partial charge in [0.2, 0.25) is 0 Å². The first-order valence-corrected chi connectivity index (χ1v) is 5.55. The Morgan fingerprint density at radius 3 is 2.83 bits per heavy atom. The van der Waals surface area contributed by atoms with Gasteiger partial charge in [-0.15, -0.1) is 0 Å². The lowest BCUT2D eigenvalue weighted by atomic mass is 10.1. The van der Waals surface area contributed by atoms with Gasteiger partial charge in [-0.25, -0.2) is 4.39 Å². The van der Waals surface area contributed by atoms with Crippen molar-refractivity contribution in [2.75, 3.05) is 0 Å². The van der Waals surface area contributed by atoms with Crippen LogP contribution in [-0.4, -0.2) is 14.8 Å². The van der Waals surface area contributed by atoms with Crippen LogP contribution in [0.25, 0.3) is 16.6 Å². The maximum atomic E-state index is 13.6. The highest BCUT2D eigenvalue weighted by Crippen LogP contribution is 2.22. The number of aromatic nitrogens is 3. The fourth-order valence-corrected chi connectivity index (χ4v) is 2.10. The maximum Gasteiger partial charge on any atom is 0.265 e. The minimum absolute atomic E-state index is 0.161. The van der Waals surface area contributed by atoms with Crippen molar-refractivity contribution in [1.82, 2.24) is 14.8 Å². The van der Waals surface area contributed by atoms with E-state index in [9.17, 15) is 9.18 Å². The number of fused-ring (bicyclic) bond motifs is 1. The van der Waals surface area contributed by atoms with Gasteiger partial charge in [0.05, 0.1) is 16.6 Å². The predicted molar refractivity (Wildman–Crippen MR) is 66.7 cm³/mol. The minimum atomic E-state index is -0.469. The molecular weight excluding hydrogens is 257 g/mol. The molecule has 3 rings (SSSR count). The van der Waals surface area contributed by atoms with E-state index in [4.69, 9.17) is 11.6 Å².